The van der Waals surface area contributed by atoms with Gasteiger partial charge in [0.25, 0.3) is 5.91 Å². The molecule has 34 heavy (non-hydrogen) atoms. The zero-order valence-electron chi connectivity index (χ0n) is 17.9. The summed E-state index contributed by atoms with van der Waals surface area (Å²) in [5.74, 6) is 0.0141. The molecule has 0 saturated carbocycles. The van der Waals surface area contributed by atoms with Gasteiger partial charge in [-0.25, -0.2) is 4.98 Å². The molecule has 4 aromatic rings. The van der Waals surface area contributed by atoms with Crippen molar-refractivity contribution >= 4 is 11.6 Å². The average molecular weight is 463 g/mol. The summed E-state index contributed by atoms with van der Waals surface area (Å²) in [6, 6.07) is 20.4. The van der Waals surface area contributed by atoms with Gasteiger partial charge >= 0.3 is 6.18 Å². The molecular weight excluding hydrogens is 443 g/mol. The molecule has 4 rings (SSSR count). The number of anilines is 1. The number of nitrogens with one attached hydrogen (secondary N) is 1. The van der Waals surface area contributed by atoms with Crippen molar-refractivity contribution in [3.05, 3.63) is 108 Å². The Hall–Kier alpha value is -4.20. The number of aromatic nitrogens is 2. The van der Waals surface area contributed by atoms with Gasteiger partial charge in [0, 0.05) is 29.9 Å². The van der Waals surface area contributed by atoms with Crippen LogP contribution in [-0.4, -0.2) is 22.5 Å². The molecule has 0 aliphatic heterocycles. The Labute approximate surface area is 194 Å². The van der Waals surface area contributed by atoms with Gasteiger partial charge in [0.05, 0.1) is 24.1 Å². The highest BCUT2D eigenvalue weighted by molar-refractivity contribution is 6.08. The predicted molar refractivity (Wildman–Crippen MR) is 123 cm³/mol. The van der Waals surface area contributed by atoms with Gasteiger partial charge < -0.3 is 10.1 Å². The van der Waals surface area contributed by atoms with Crippen molar-refractivity contribution in [1.29, 1.82) is 0 Å². The van der Waals surface area contributed by atoms with Crippen molar-refractivity contribution < 1.29 is 22.7 Å². The van der Waals surface area contributed by atoms with Crippen LogP contribution in [0.25, 0.3) is 11.1 Å². The van der Waals surface area contributed by atoms with E-state index in [1.54, 1.807) is 42.6 Å². The molecule has 0 fully saturated rings. The van der Waals surface area contributed by atoms with Crippen molar-refractivity contribution in [2.75, 3.05) is 11.9 Å². The number of ether oxygens (including phenoxy) is 1. The van der Waals surface area contributed by atoms with Gasteiger partial charge in [0.1, 0.15) is 0 Å². The lowest BCUT2D eigenvalue weighted by Crippen LogP contribution is -2.13. The first-order chi connectivity index (χ1) is 16.4. The van der Waals surface area contributed by atoms with E-state index in [0.29, 0.717) is 41.3 Å². The molecule has 0 aliphatic carbocycles. The van der Waals surface area contributed by atoms with Crippen LogP contribution in [0.5, 0.6) is 5.88 Å². The number of halogens is 3. The minimum atomic E-state index is -4.42. The standard InChI is InChI=1S/C26H20F3N3O2/c27-26(28,29)19-10-8-18(9-11-19)22-6-1-2-7-23(22)25(33)32-21-12-13-24(31-17-21)34-16-14-20-5-3-4-15-30-20/h1-13,15,17H,14,16H2,(H,32,33). The summed E-state index contributed by atoms with van der Waals surface area (Å²) in [6.07, 6.45) is -0.575. The van der Waals surface area contributed by atoms with Crippen molar-refractivity contribution in [3.63, 3.8) is 0 Å². The molecule has 0 bridgehead atoms. The predicted octanol–water partition coefficient (Wildman–Crippen LogP) is 6.04. The Morgan fingerprint density at radius 3 is 2.32 bits per heavy atom. The van der Waals surface area contributed by atoms with Crippen molar-refractivity contribution in [1.82, 2.24) is 9.97 Å². The molecule has 5 nitrogen and oxygen atoms in total. The fourth-order valence-electron chi connectivity index (χ4n) is 3.32. The Morgan fingerprint density at radius 1 is 0.882 bits per heavy atom. The Balaban J connectivity index is 1.41. The van der Waals surface area contributed by atoms with Gasteiger partial charge in [-0.1, -0.05) is 36.4 Å². The molecule has 2 aromatic heterocycles. The Morgan fingerprint density at radius 2 is 1.65 bits per heavy atom. The lowest BCUT2D eigenvalue weighted by Gasteiger charge is -2.12. The van der Waals surface area contributed by atoms with E-state index in [9.17, 15) is 18.0 Å². The highest BCUT2D eigenvalue weighted by atomic mass is 19.4. The van der Waals surface area contributed by atoms with Gasteiger partial charge in [-0.2, -0.15) is 13.2 Å². The van der Waals surface area contributed by atoms with E-state index in [4.69, 9.17) is 4.74 Å². The van der Waals surface area contributed by atoms with Crippen LogP contribution in [0.2, 0.25) is 0 Å². The smallest absolute Gasteiger partial charge is 0.416 e. The van der Waals surface area contributed by atoms with Gasteiger partial charge in [0.15, 0.2) is 0 Å². The highest BCUT2D eigenvalue weighted by Gasteiger charge is 2.30. The summed E-state index contributed by atoms with van der Waals surface area (Å²) >= 11 is 0. The van der Waals surface area contributed by atoms with E-state index in [1.807, 2.05) is 18.2 Å². The maximum absolute atomic E-state index is 12.9. The number of rotatable bonds is 7. The van der Waals surface area contributed by atoms with Gasteiger partial charge in [-0.05, 0) is 47.5 Å². The summed E-state index contributed by atoms with van der Waals surface area (Å²) in [6.45, 7) is 0.413. The van der Waals surface area contributed by atoms with E-state index in [0.717, 1.165) is 17.8 Å². The molecule has 2 aromatic carbocycles. The zero-order valence-corrected chi connectivity index (χ0v) is 17.9. The summed E-state index contributed by atoms with van der Waals surface area (Å²) in [4.78, 5) is 21.3. The SMILES string of the molecule is O=C(Nc1ccc(OCCc2ccccn2)nc1)c1ccccc1-c1ccc(C(F)(F)F)cc1. The Kier molecular flexibility index (Phi) is 6.87. The summed E-state index contributed by atoms with van der Waals surface area (Å²) in [5, 5.41) is 2.77. The van der Waals surface area contributed by atoms with Crippen LogP contribution in [0, 0.1) is 0 Å². The normalized spacial score (nSPS) is 11.1. The second kappa shape index (κ2) is 10.2. The van der Waals surface area contributed by atoms with Crippen molar-refractivity contribution in [3.8, 4) is 17.0 Å². The first kappa shape index (κ1) is 23.0. The number of hydrogen-bond acceptors (Lipinski definition) is 4. The number of carbonyl (C=O) groups is 1. The number of alkyl halides is 3. The molecule has 0 spiro atoms. The number of benzene rings is 2. The molecule has 8 heteroatoms. The topological polar surface area (TPSA) is 64.1 Å². The third-order valence-corrected chi connectivity index (χ3v) is 5.02. The highest BCUT2D eigenvalue weighted by Crippen LogP contribution is 2.32. The number of hydrogen-bond donors (Lipinski definition) is 1. The minimum absolute atomic E-state index is 0.331. The van der Waals surface area contributed by atoms with Crippen molar-refractivity contribution in [2.24, 2.45) is 0 Å². The maximum Gasteiger partial charge on any atom is 0.416 e. The fraction of sp³-hybridized carbons (Fsp3) is 0.115. The second-order valence-corrected chi connectivity index (χ2v) is 7.38. The molecular formula is C26H20F3N3O2. The van der Waals surface area contributed by atoms with Crippen LogP contribution in [0.15, 0.2) is 91.3 Å². The monoisotopic (exact) mass is 463 g/mol. The maximum atomic E-state index is 12.9. The summed E-state index contributed by atoms with van der Waals surface area (Å²) in [5.41, 5.74) is 2.00. The lowest BCUT2D eigenvalue weighted by atomic mass is 9.98. The van der Waals surface area contributed by atoms with Crippen LogP contribution >= 0.6 is 0 Å². The largest absolute Gasteiger partial charge is 0.477 e. The molecule has 1 N–H and O–H groups in total. The molecule has 1 amide bonds. The summed E-state index contributed by atoms with van der Waals surface area (Å²) < 4.78 is 44.2. The van der Waals surface area contributed by atoms with Crippen LogP contribution in [0.4, 0.5) is 18.9 Å². The van der Waals surface area contributed by atoms with Gasteiger partial charge in [0.2, 0.25) is 5.88 Å². The number of amides is 1. The van der Waals surface area contributed by atoms with E-state index in [-0.39, 0.29) is 0 Å². The molecule has 0 radical (unpaired) electrons. The van der Waals surface area contributed by atoms with Gasteiger partial charge in [-0.3, -0.25) is 9.78 Å². The number of nitrogens with zero attached hydrogens (tertiary/aromatic N) is 2. The van der Waals surface area contributed by atoms with Crippen LogP contribution in [-0.2, 0) is 12.6 Å². The van der Waals surface area contributed by atoms with Gasteiger partial charge in [-0.15, -0.1) is 0 Å². The third-order valence-electron chi connectivity index (χ3n) is 5.02. The summed E-state index contributed by atoms with van der Waals surface area (Å²) in [7, 11) is 0. The molecule has 0 atom stereocenters. The van der Waals surface area contributed by atoms with E-state index >= 15 is 0 Å². The average Bonchev–Trinajstić information content (AvgIpc) is 2.85. The molecule has 2 heterocycles. The molecule has 172 valence electrons. The third kappa shape index (κ3) is 5.78. The van der Waals surface area contributed by atoms with E-state index in [2.05, 4.69) is 15.3 Å². The van der Waals surface area contributed by atoms with Crippen LogP contribution in [0.3, 0.4) is 0 Å². The van der Waals surface area contributed by atoms with Crippen LogP contribution in [0.1, 0.15) is 21.6 Å². The minimum Gasteiger partial charge on any atom is -0.477 e. The first-order valence-corrected chi connectivity index (χ1v) is 10.5. The quantitative estimate of drug-likeness (QED) is 0.363. The molecule has 0 unspecified atom stereocenters. The van der Waals surface area contributed by atoms with Crippen molar-refractivity contribution in [2.45, 2.75) is 12.6 Å². The Bertz CT molecular complexity index is 1240. The first-order valence-electron chi connectivity index (χ1n) is 10.5. The van der Waals surface area contributed by atoms with E-state index in [1.165, 1.54) is 18.3 Å². The zero-order chi connectivity index (χ0) is 24.0. The number of carbonyl (C=O) groups excluding carboxylic acids is 1. The fourth-order valence-corrected chi connectivity index (χ4v) is 3.32. The number of pyridine rings is 2. The molecule has 0 aliphatic rings. The van der Waals surface area contributed by atoms with E-state index < -0.39 is 17.6 Å². The lowest BCUT2D eigenvalue weighted by molar-refractivity contribution is -0.137. The van der Waals surface area contributed by atoms with Crippen LogP contribution < -0.4 is 10.1 Å². The molecule has 0 saturated heterocycles. The second-order valence-electron chi connectivity index (χ2n) is 7.38.